The van der Waals surface area contributed by atoms with Gasteiger partial charge in [0.25, 0.3) is 15.7 Å². The van der Waals surface area contributed by atoms with Crippen LogP contribution in [0.1, 0.15) is 0 Å². The topological polar surface area (TPSA) is 102 Å². The number of benzene rings is 1. The first kappa shape index (κ1) is 16.8. The van der Waals surface area contributed by atoms with E-state index in [1.54, 1.807) is 0 Å². The van der Waals surface area contributed by atoms with E-state index in [1.807, 2.05) is 0 Å². The van der Waals surface area contributed by atoms with Crippen molar-refractivity contribution >= 4 is 56.2 Å². The van der Waals surface area contributed by atoms with E-state index in [-0.39, 0.29) is 25.8 Å². The van der Waals surface area contributed by atoms with Crippen molar-refractivity contribution in [1.82, 2.24) is 4.98 Å². The molecule has 0 amide bonds. The summed E-state index contributed by atoms with van der Waals surface area (Å²) in [6, 6.07) is 4.51. The highest BCUT2D eigenvalue weighted by Gasteiger charge is 2.23. The molecule has 1 heterocycles. The minimum atomic E-state index is -4.09. The molecule has 0 unspecified atom stereocenters. The highest BCUT2D eigenvalue weighted by Crippen LogP contribution is 2.35. The van der Waals surface area contributed by atoms with Crippen LogP contribution in [0, 0.1) is 10.1 Å². The number of sulfonamides is 1. The van der Waals surface area contributed by atoms with Crippen molar-refractivity contribution in [3.8, 4) is 0 Å². The molecule has 1 aromatic heterocycles. The van der Waals surface area contributed by atoms with Gasteiger partial charge >= 0.3 is 0 Å². The van der Waals surface area contributed by atoms with Gasteiger partial charge in [-0.05, 0) is 18.2 Å². The quantitative estimate of drug-likeness (QED) is 0.493. The monoisotopic (exact) mass is 381 g/mol. The Bertz CT molecular complexity index is 840. The summed E-state index contributed by atoms with van der Waals surface area (Å²) in [7, 11) is -4.09. The zero-order valence-corrected chi connectivity index (χ0v) is 13.5. The van der Waals surface area contributed by atoms with Gasteiger partial charge in [0.05, 0.1) is 15.0 Å². The van der Waals surface area contributed by atoms with Gasteiger partial charge in [-0.25, -0.2) is 13.4 Å². The minimum absolute atomic E-state index is 0.0285. The Labute approximate surface area is 140 Å². The molecule has 0 fully saturated rings. The first-order chi connectivity index (χ1) is 10.2. The predicted molar refractivity (Wildman–Crippen MR) is 83.2 cm³/mol. The maximum absolute atomic E-state index is 12.2. The van der Waals surface area contributed by atoms with Gasteiger partial charge < -0.3 is 0 Å². The number of nitro benzene ring substituents is 1. The molecule has 1 aromatic carbocycles. The van der Waals surface area contributed by atoms with Crippen LogP contribution in [-0.2, 0) is 10.0 Å². The molecule has 11 heteroatoms. The van der Waals surface area contributed by atoms with E-state index in [1.165, 1.54) is 12.1 Å². The second kappa shape index (κ2) is 6.25. The molecule has 1 N–H and O–H groups in total. The Morgan fingerprint density at radius 3 is 2.32 bits per heavy atom. The Balaban J connectivity index is 2.47. The summed E-state index contributed by atoms with van der Waals surface area (Å²) in [6.07, 6.45) is 1.02. The van der Waals surface area contributed by atoms with Crippen molar-refractivity contribution in [3.05, 3.63) is 55.8 Å². The fourth-order valence-electron chi connectivity index (χ4n) is 1.49. The van der Waals surface area contributed by atoms with E-state index in [2.05, 4.69) is 9.71 Å². The van der Waals surface area contributed by atoms with Gasteiger partial charge in [0.15, 0.2) is 0 Å². The Hall–Kier alpha value is -1.61. The zero-order chi connectivity index (χ0) is 16.5. The normalized spacial score (nSPS) is 11.2. The summed E-state index contributed by atoms with van der Waals surface area (Å²) in [5.41, 5.74) is -0.839. The molecule has 0 aliphatic heterocycles. The third-order valence-electron chi connectivity index (χ3n) is 2.49. The summed E-state index contributed by atoms with van der Waals surface area (Å²) in [5, 5.41) is 11.0. The van der Waals surface area contributed by atoms with Crippen LogP contribution >= 0.6 is 34.8 Å². The molecule has 7 nitrogen and oxygen atoms in total. The predicted octanol–water partition coefficient (Wildman–Crippen LogP) is 3.75. The largest absolute Gasteiger partial charge is 0.294 e. The van der Waals surface area contributed by atoms with Crippen LogP contribution in [0.5, 0.6) is 0 Å². The molecule has 0 aliphatic carbocycles. The molecular weight excluding hydrogens is 377 g/mol. The maximum atomic E-state index is 12.2. The lowest BCUT2D eigenvalue weighted by atomic mass is 10.3. The first-order valence-electron chi connectivity index (χ1n) is 5.48. The number of aromatic nitrogens is 1. The number of nitro groups is 1. The third-order valence-corrected chi connectivity index (χ3v) is 4.79. The lowest BCUT2D eigenvalue weighted by molar-refractivity contribution is -0.383. The molecule has 0 saturated heterocycles. The molecular formula is C11H6Cl3N3O4S. The smallest absolute Gasteiger partial charge is 0.273 e. The average Bonchev–Trinajstić information content (AvgIpc) is 2.42. The number of halogens is 3. The standard InChI is InChI=1S/C11H6Cl3N3O4S/c12-7-3-9(10(17(18)19)4-8(7)13)16-22(20,21)6-1-2-11(14)15-5-6/h1-5,16H. The summed E-state index contributed by atoms with van der Waals surface area (Å²) in [4.78, 5) is 13.6. The van der Waals surface area contributed by atoms with Gasteiger partial charge in [-0.2, -0.15) is 0 Å². The fraction of sp³-hybridized carbons (Fsp3) is 0. The van der Waals surface area contributed by atoms with E-state index >= 15 is 0 Å². The van der Waals surface area contributed by atoms with Gasteiger partial charge in [0.1, 0.15) is 15.7 Å². The van der Waals surface area contributed by atoms with Crippen LogP contribution in [0.15, 0.2) is 35.4 Å². The van der Waals surface area contributed by atoms with Gasteiger partial charge in [-0.1, -0.05) is 34.8 Å². The highest BCUT2D eigenvalue weighted by atomic mass is 35.5. The third kappa shape index (κ3) is 3.58. The van der Waals surface area contributed by atoms with Gasteiger partial charge in [0, 0.05) is 12.3 Å². The minimum Gasteiger partial charge on any atom is -0.273 e. The average molecular weight is 383 g/mol. The Kier molecular flexibility index (Phi) is 4.76. The second-order valence-electron chi connectivity index (χ2n) is 3.96. The number of anilines is 1. The SMILES string of the molecule is O=[N+]([O-])c1cc(Cl)c(Cl)cc1NS(=O)(=O)c1ccc(Cl)nc1. The number of nitrogens with zero attached hydrogens (tertiary/aromatic N) is 2. The molecule has 0 saturated carbocycles. The Morgan fingerprint density at radius 1 is 1.14 bits per heavy atom. The van der Waals surface area contributed by atoms with Crippen LogP contribution in [0.2, 0.25) is 15.2 Å². The fourth-order valence-corrected chi connectivity index (χ4v) is 2.94. The molecule has 0 bridgehead atoms. The first-order valence-corrected chi connectivity index (χ1v) is 8.10. The van der Waals surface area contributed by atoms with Crippen molar-refractivity contribution in [2.24, 2.45) is 0 Å². The lowest BCUT2D eigenvalue weighted by Gasteiger charge is -2.09. The zero-order valence-electron chi connectivity index (χ0n) is 10.5. The van der Waals surface area contributed by atoms with Crippen molar-refractivity contribution in [3.63, 3.8) is 0 Å². The van der Waals surface area contributed by atoms with Gasteiger partial charge in [0.2, 0.25) is 0 Å². The van der Waals surface area contributed by atoms with Crippen LogP contribution in [0.3, 0.4) is 0 Å². The summed E-state index contributed by atoms with van der Waals surface area (Å²) in [6.45, 7) is 0. The summed E-state index contributed by atoms with van der Waals surface area (Å²) < 4.78 is 26.5. The lowest BCUT2D eigenvalue weighted by Crippen LogP contribution is -2.14. The molecule has 116 valence electrons. The number of pyridine rings is 1. The van der Waals surface area contributed by atoms with E-state index < -0.39 is 20.6 Å². The van der Waals surface area contributed by atoms with E-state index in [0.29, 0.717) is 0 Å². The molecule has 0 radical (unpaired) electrons. The van der Waals surface area contributed by atoms with Crippen molar-refractivity contribution in [2.45, 2.75) is 4.90 Å². The number of rotatable bonds is 4. The summed E-state index contributed by atoms with van der Waals surface area (Å²) >= 11 is 17.0. The van der Waals surface area contributed by atoms with Crippen molar-refractivity contribution in [2.75, 3.05) is 4.72 Å². The van der Waals surface area contributed by atoms with Gasteiger partial charge in [-0.15, -0.1) is 0 Å². The van der Waals surface area contributed by atoms with Crippen LogP contribution in [0.25, 0.3) is 0 Å². The van der Waals surface area contributed by atoms with Crippen LogP contribution in [-0.4, -0.2) is 18.3 Å². The molecule has 0 atom stereocenters. The van der Waals surface area contributed by atoms with Gasteiger partial charge in [-0.3, -0.25) is 14.8 Å². The molecule has 0 spiro atoms. The van der Waals surface area contributed by atoms with Crippen LogP contribution < -0.4 is 4.72 Å². The van der Waals surface area contributed by atoms with E-state index in [9.17, 15) is 18.5 Å². The highest BCUT2D eigenvalue weighted by molar-refractivity contribution is 7.92. The van der Waals surface area contributed by atoms with E-state index in [0.717, 1.165) is 18.3 Å². The number of hydrogen-bond donors (Lipinski definition) is 1. The number of nitrogens with one attached hydrogen (secondary N) is 1. The van der Waals surface area contributed by atoms with Crippen molar-refractivity contribution in [1.29, 1.82) is 0 Å². The summed E-state index contributed by atoms with van der Waals surface area (Å²) in [5.74, 6) is 0. The second-order valence-corrected chi connectivity index (χ2v) is 6.85. The maximum Gasteiger partial charge on any atom is 0.294 e. The van der Waals surface area contributed by atoms with E-state index in [4.69, 9.17) is 34.8 Å². The molecule has 0 aliphatic rings. The van der Waals surface area contributed by atoms with Crippen LogP contribution in [0.4, 0.5) is 11.4 Å². The molecule has 2 aromatic rings. The number of hydrogen-bond acceptors (Lipinski definition) is 5. The molecule has 2 rings (SSSR count). The van der Waals surface area contributed by atoms with Crippen molar-refractivity contribution < 1.29 is 13.3 Å². The Morgan fingerprint density at radius 2 is 1.77 bits per heavy atom. The molecule has 22 heavy (non-hydrogen) atoms.